The molecule has 0 aliphatic carbocycles. The SMILES string of the molecule is CCCn1cc(CN2CCCC2c2ccn[nH]2)cn1. The normalized spacial score (nSPS) is 20.2. The Kier molecular flexibility index (Phi) is 3.64. The maximum atomic E-state index is 4.41. The largest absolute Gasteiger partial charge is 0.290 e. The van der Waals surface area contributed by atoms with Crippen molar-refractivity contribution in [3.8, 4) is 0 Å². The number of H-pyrrole nitrogens is 1. The van der Waals surface area contributed by atoms with Gasteiger partial charge in [0.25, 0.3) is 0 Å². The molecule has 5 heteroatoms. The van der Waals surface area contributed by atoms with Crippen LogP contribution < -0.4 is 0 Å². The summed E-state index contributed by atoms with van der Waals surface area (Å²) in [7, 11) is 0. The van der Waals surface area contributed by atoms with E-state index in [1.807, 2.05) is 17.1 Å². The minimum atomic E-state index is 0.483. The van der Waals surface area contributed by atoms with Crippen LogP contribution in [0.3, 0.4) is 0 Å². The molecule has 1 N–H and O–H groups in total. The van der Waals surface area contributed by atoms with Gasteiger partial charge in [0.05, 0.1) is 17.9 Å². The predicted octanol–water partition coefficient (Wildman–Crippen LogP) is 2.35. The monoisotopic (exact) mass is 259 g/mol. The fraction of sp³-hybridized carbons (Fsp3) is 0.571. The van der Waals surface area contributed by atoms with E-state index in [0.717, 1.165) is 26.1 Å². The quantitative estimate of drug-likeness (QED) is 0.896. The lowest BCUT2D eigenvalue weighted by atomic mass is 10.1. The Morgan fingerprint density at radius 1 is 1.47 bits per heavy atom. The number of aromatic nitrogens is 4. The molecule has 102 valence electrons. The molecule has 2 aromatic heterocycles. The zero-order valence-corrected chi connectivity index (χ0v) is 11.4. The maximum Gasteiger partial charge on any atom is 0.0534 e. The van der Waals surface area contributed by atoms with Gasteiger partial charge in [0.1, 0.15) is 0 Å². The van der Waals surface area contributed by atoms with Crippen LogP contribution in [-0.2, 0) is 13.1 Å². The number of rotatable bonds is 5. The van der Waals surface area contributed by atoms with E-state index in [4.69, 9.17) is 0 Å². The van der Waals surface area contributed by atoms with Gasteiger partial charge in [-0.3, -0.25) is 14.7 Å². The molecule has 3 heterocycles. The number of nitrogens with one attached hydrogen (secondary N) is 1. The Morgan fingerprint density at radius 2 is 2.42 bits per heavy atom. The van der Waals surface area contributed by atoms with E-state index in [9.17, 15) is 0 Å². The zero-order chi connectivity index (χ0) is 13.1. The third-order valence-corrected chi connectivity index (χ3v) is 3.77. The Bertz CT molecular complexity index is 502. The van der Waals surface area contributed by atoms with Crippen LogP contribution in [0.5, 0.6) is 0 Å². The highest BCUT2D eigenvalue weighted by Gasteiger charge is 2.27. The number of hydrogen-bond acceptors (Lipinski definition) is 3. The second-order valence-electron chi connectivity index (χ2n) is 5.25. The summed E-state index contributed by atoms with van der Waals surface area (Å²) < 4.78 is 2.04. The van der Waals surface area contributed by atoms with Crippen molar-refractivity contribution in [3.63, 3.8) is 0 Å². The standard InChI is InChI=1S/C14H21N5/c1-2-7-19-11-12(9-16-19)10-18-8-3-4-14(18)13-5-6-15-17-13/h5-6,9,11,14H,2-4,7-8,10H2,1H3,(H,15,17). The third kappa shape index (κ3) is 2.71. The summed E-state index contributed by atoms with van der Waals surface area (Å²) in [6.45, 7) is 5.32. The minimum absolute atomic E-state index is 0.483. The Balaban J connectivity index is 1.67. The van der Waals surface area contributed by atoms with Gasteiger partial charge in [0, 0.05) is 31.0 Å². The summed E-state index contributed by atoms with van der Waals surface area (Å²) in [6, 6.07) is 2.57. The molecule has 0 aromatic carbocycles. The van der Waals surface area contributed by atoms with Crippen LogP contribution in [0.4, 0.5) is 0 Å². The van der Waals surface area contributed by atoms with E-state index in [2.05, 4.69) is 39.4 Å². The van der Waals surface area contributed by atoms with Gasteiger partial charge in [-0.25, -0.2) is 0 Å². The van der Waals surface area contributed by atoms with Gasteiger partial charge >= 0.3 is 0 Å². The molecule has 0 spiro atoms. The van der Waals surface area contributed by atoms with E-state index in [-0.39, 0.29) is 0 Å². The van der Waals surface area contributed by atoms with Gasteiger partial charge in [-0.2, -0.15) is 10.2 Å². The molecule has 1 aliphatic rings. The Morgan fingerprint density at radius 3 is 3.21 bits per heavy atom. The van der Waals surface area contributed by atoms with Crippen LogP contribution >= 0.6 is 0 Å². The molecule has 2 aromatic rings. The van der Waals surface area contributed by atoms with Crippen molar-refractivity contribution < 1.29 is 0 Å². The molecule has 19 heavy (non-hydrogen) atoms. The first kappa shape index (κ1) is 12.4. The van der Waals surface area contributed by atoms with E-state index < -0.39 is 0 Å². The highest BCUT2D eigenvalue weighted by Crippen LogP contribution is 2.31. The van der Waals surface area contributed by atoms with Gasteiger partial charge in [-0.05, 0) is 31.9 Å². The average Bonchev–Trinajstić information content (AvgIpc) is 3.11. The molecular formula is C14H21N5. The summed E-state index contributed by atoms with van der Waals surface area (Å²) in [4.78, 5) is 2.51. The third-order valence-electron chi connectivity index (χ3n) is 3.77. The van der Waals surface area contributed by atoms with Gasteiger partial charge in [0.15, 0.2) is 0 Å². The summed E-state index contributed by atoms with van der Waals surface area (Å²) in [5.41, 5.74) is 2.54. The minimum Gasteiger partial charge on any atom is -0.290 e. The molecule has 0 bridgehead atoms. The van der Waals surface area contributed by atoms with Crippen molar-refractivity contribution in [2.24, 2.45) is 0 Å². The Labute approximate surface area is 113 Å². The first-order chi connectivity index (χ1) is 9.36. The Hall–Kier alpha value is -1.62. The number of aromatic amines is 1. The van der Waals surface area contributed by atoms with Gasteiger partial charge < -0.3 is 0 Å². The topological polar surface area (TPSA) is 49.7 Å². The number of nitrogens with zero attached hydrogens (tertiary/aromatic N) is 4. The van der Waals surface area contributed by atoms with Crippen molar-refractivity contribution in [1.29, 1.82) is 0 Å². The lowest BCUT2D eigenvalue weighted by Gasteiger charge is -2.22. The first-order valence-electron chi connectivity index (χ1n) is 7.11. The summed E-state index contributed by atoms with van der Waals surface area (Å²) in [6.07, 6.45) is 9.61. The van der Waals surface area contributed by atoms with Crippen molar-refractivity contribution >= 4 is 0 Å². The molecule has 1 unspecified atom stereocenters. The number of likely N-dealkylation sites (tertiary alicyclic amines) is 1. The van der Waals surface area contributed by atoms with Gasteiger partial charge in [-0.15, -0.1) is 0 Å². The number of aryl methyl sites for hydroxylation is 1. The van der Waals surface area contributed by atoms with Crippen LogP contribution in [0.15, 0.2) is 24.7 Å². The lowest BCUT2D eigenvalue weighted by molar-refractivity contribution is 0.244. The second-order valence-corrected chi connectivity index (χ2v) is 5.25. The summed E-state index contributed by atoms with van der Waals surface area (Å²) in [5, 5.41) is 11.6. The van der Waals surface area contributed by atoms with Gasteiger partial charge in [0.2, 0.25) is 0 Å². The molecule has 1 atom stereocenters. The first-order valence-corrected chi connectivity index (χ1v) is 7.11. The molecule has 1 saturated heterocycles. The van der Waals surface area contributed by atoms with E-state index in [0.29, 0.717) is 6.04 Å². The van der Waals surface area contributed by atoms with Crippen LogP contribution in [-0.4, -0.2) is 31.4 Å². The molecule has 0 radical (unpaired) electrons. The molecule has 5 nitrogen and oxygen atoms in total. The highest BCUT2D eigenvalue weighted by molar-refractivity contribution is 5.10. The highest BCUT2D eigenvalue weighted by atomic mass is 15.3. The smallest absolute Gasteiger partial charge is 0.0534 e. The van der Waals surface area contributed by atoms with Crippen molar-refractivity contribution in [3.05, 3.63) is 35.9 Å². The zero-order valence-electron chi connectivity index (χ0n) is 11.4. The van der Waals surface area contributed by atoms with Crippen LogP contribution in [0.1, 0.15) is 43.5 Å². The fourth-order valence-corrected chi connectivity index (χ4v) is 2.89. The summed E-state index contributed by atoms with van der Waals surface area (Å²) in [5.74, 6) is 0. The molecular weight excluding hydrogens is 238 g/mol. The second kappa shape index (κ2) is 5.57. The van der Waals surface area contributed by atoms with E-state index >= 15 is 0 Å². The van der Waals surface area contributed by atoms with Crippen molar-refractivity contribution in [1.82, 2.24) is 24.9 Å². The van der Waals surface area contributed by atoms with E-state index in [1.165, 1.54) is 24.1 Å². The molecule has 3 rings (SSSR count). The summed E-state index contributed by atoms with van der Waals surface area (Å²) >= 11 is 0. The average molecular weight is 259 g/mol. The predicted molar refractivity (Wildman–Crippen MR) is 73.5 cm³/mol. The van der Waals surface area contributed by atoms with Crippen LogP contribution in [0, 0.1) is 0 Å². The van der Waals surface area contributed by atoms with Crippen LogP contribution in [0.25, 0.3) is 0 Å². The molecule has 1 fully saturated rings. The number of hydrogen-bond donors (Lipinski definition) is 1. The molecule has 0 saturated carbocycles. The van der Waals surface area contributed by atoms with E-state index in [1.54, 1.807) is 0 Å². The molecule has 0 amide bonds. The fourth-order valence-electron chi connectivity index (χ4n) is 2.89. The van der Waals surface area contributed by atoms with Crippen molar-refractivity contribution in [2.75, 3.05) is 6.54 Å². The van der Waals surface area contributed by atoms with Crippen LogP contribution in [0.2, 0.25) is 0 Å². The maximum absolute atomic E-state index is 4.41. The lowest BCUT2D eigenvalue weighted by Crippen LogP contribution is -2.22. The molecule has 1 aliphatic heterocycles. The van der Waals surface area contributed by atoms with Crippen molar-refractivity contribution in [2.45, 2.75) is 45.3 Å². The van der Waals surface area contributed by atoms with Gasteiger partial charge in [-0.1, -0.05) is 6.92 Å².